The van der Waals surface area contributed by atoms with Crippen LogP contribution in [-0.4, -0.2) is 65.2 Å². The molecule has 1 atom stereocenters. The highest BCUT2D eigenvalue weighted by molar-refractivity contribution is 6.34. The van der Waals surface area contributed by atoms with Crippen LogP contribution in [0.5, 0.6) is 5.75 Å². The third-order valence-electron chi connectivity index (χ3n) is 8.76. The highest BCUT2D eigenvalue weighted by atomic mass is 35.5. The highest BCUT2D eigenvalue weighted by Gasteiger charge is 2.36. The summed E-state index contributed by atoms with van der Waals surface area (Å²) in [5, 5.41) is 25.2. The van der Waals surface area contributed by atoms with E-state index in [1.54, 1.807) is 52.1 Å². The molecule has 42 heavy (non-hydrogen) atoms. The summed E-state index contributed by atoms with van der Waals surface area (Å²) in [5.74, 6) is 0.0348. The number of Topliss-reactive ketones (excluding diaryl/α,β-unsaturated/α-hetero) is 1. The fraction of sp³-hybridized carbons (Fsp3) is 0.312. The van der Waals surface area contributed by atoms with Crippen molar-refractivity contribution in [2.75, 3.05) is 13.1 Å². The number of β-amino-alcohol motifs (C(OH)–C–C–N with tert-alkyl or cyclic N) is 1. The number of likely N-dealkylation sites (tertiary alicyclic amines) is 1. The topological polar surface area (TPSA) is 113 Å². The number of rotatable bonds is 5. The van der Waals surface area contributed by atoms with E-state index in [9.17, 15) is 19.8 Å². The monoisotopic (exact) mass is 583 g/mol. The molecule has 1 aliphatic heterocycles. The van der Waals surface area contributed by atoms with E-state index in [-0.39, 0.29) is 22.9 Å². The van der Waals surface area contributed by atoms with Gasteiger partial charge >= 0.3 is 0 Å². The number of amides is 1. The second-order valence-corrected chi connectivity index (χ2v) is 12.4. The van der Waals surface area contributed by atoms with Gasteiger partial charge in [0.05, 0.1) is 27.9 Å². The molecule has 1 aliphatic carbocycles. The molecule has 0 unspecified atom stereocenters. The summed E-state index contributed by atoms with van der Waals surface area (Å²) >= 11 is 6.71. The number of ketones is 1. The molecular formula is C32H30ClN5O4. The minimum Gasteiger partial charge on any atom is -0.506 e. The van der Waals surface area contributed by atoms with Crippen molar-refractivity contribution in [1.29, 1.82) is 0 Å². The lowest BCUT2D eigenvalue weighted by Crippen LogP contribution is -2.53. The number of aromatic nitrogens is 4. The van der Waals surface area contributed by atoms with E-state index >= 15 is 0 Å². The normalized spacial score (nSPS) is 18.8. The number of aryl methyl sites for hydroxylation is 2. The summed E-state index contributed by atoms with van der Waals surface area (Å²) in [6.07, 6.45) is 3.72. The van der Waals surface area contributed by atoms with Crippen molar-refractivity contribution >= 4 is 39.8 Å². The number of imidazole rings is 1. The van der Waals surface area contributed by atoms with Gasteiger partial charge in [-0.15, -0.1) is 0 Å². The molecule has 1 amide bonds. The first-order valence-corrected chi connectivity index (χ1v) is 14.4. The molecular weight excluding hydrogens is 554 g/mol. The Bertz CT molecular complexity index is 1920. The minimum absolute atomic E-state index is 0.0329. The molecule has 10 heteroatoms. The second-order valence-electron chi connectivity index (χ2n) is 12.0. The van der Waals surface area contributed by atoms with Crippen LogP contribution in [0.2, 0.25) is 5.02 Å². The lowest BCUT2D eigenvalue weighted by Gasteiger charge is -2.35. The lowest BCUT2D eigenvalue weighted by atomic mass is 9.71. The first kappa shape index (κ1) is 26.7. The van der Waals surface area contributed by atoms with Gasteiger partial charge in [0.1, 0.15) is 17.6 Å². The Balaban J connectivity index is 1.13. The van der Waals surface area contributed by atoms with E-state index in [1.807, 2.05) is 23.6 Å². The second kappa shape index (κ2) is 9.68. The number of aliphatic hydroxyl groups excluding tert-OH is 1. The zero-order valence-corrected chi connectivity index (χ0v) is 24.1. The molecule has 5 aromatic rings. The van der Waals surface area contributed by atoms with Crippen LogP contribution in [0.1, 0.15) is 57.4 Å². The van der Waals surface area contributed by atoms with Gasteiger partial charge in [0.15, 0.2) is 5.78 Å². The Morgan fingerprint density at radius 2 is 1.93 bits per heavy atom. The highest BCUT2D eigenvalue weighted by Crippen LogP contribution is 2.42. The molecule has 2 N–H and O–H groups in total. The van der Waals surface area contributed by atoms with Crippen LogP contribution < -0.4 is 0 Å². The number of halogens is 1. The van der Waals surface area contributed by atoms with Crippen molar-refractivity contribution in [1.82, 2.24) is 24.1 Å². The molecule has 3 aromatic heterocycles. The summed E-state index contributed by atoms with van der Waals surface area (Å²) in [6, 6.07) is 14.2. The molecule has 7 rings (SSSR count). The summed E-state index contributed by atoms with van der Waals surface area (Å²) in [7, 11) is 0. The molecule has 9 nitrogen and oxygen atoms in total. The van der Waals surface area contributed by atoms with Crippen molar-refractivity contribution in [3.8, 4) is 11.4 Å². The predicted octanol–water partition coefficient (Wildman–Crippen LogP) is 4.93. The number of aliphatic hydroxyl groups is 1. The van der Waals surface area contributed by atoms with Gasteiger partial charge in [0.25, 0.3) is 5.91 Å². The molecule has 2 aromatic carbocycles. The lowest BCUT2D eigenvalue weighted by molar-refractivity contribution is 0.00590. The molecule has 4 heterocycles. The maximum atomic E-state index is 13.6. The first-order chi connectivity index (χ1) is 20.1. The number of carbonyl (C=O) groups is 2. The van der Waals surface area contributed by atoms with E-state index in [2.05, 4.69) is 11.9 Å². The van der Waals surface area contributed by atoms with Crippen molar-refractivity contribution in [2.24, 2.45) is 5.41 Å². The smallest absolute Gasteiger partial charge is 0.254 e. The molecule has 214 valence electrons. The Morgan fingerprint density at radius 1 is 1.12 bits per heavy atom. The molecule has 2 aliphatic rings. The Morgan fingerprint density at radius 3 is 2.69 bits per heavy atom. The van der Waals surface area contributed by atoms with E-state index in [4.69, 9.17) is 16.7 Å². The van der Waals surface area contributed by atoms with Gasteiger partial charge in [-0.2, -0.15) is 5.10 Å². The van der Waals surface area contributed by atoms with Crippen LogP contribution in [0.15, 0.2) is 54.9 Å². The predicted molar refractivity (Wildman–Crippen MR) is 159 cm³/mol. The van der Waals surface area contributed by atoms with Crippen LogP contribution in [0.25, 0.3) is 22.2 Å². The minimum atomic E-state index is -0.464. The zero-order chi connectivity index (χ0) is 29.3. The standard InChI is InChI=1S/C32H30ClN5O4/c1-18-3-8-28(40)30-23-13-32(2,10-9-25(23)35-38(18)30)14-29(41)22-6-5-20(12-24(22)33)37-17-34-26-7-4-19(11-27(26)37)31(42)36-15-21(39)16-36/h3-8,11-12,17,21,39-40H,9-10,13-16H2,1-2H3/t32-/m1/s1. The van der Waals surface area contributed by atoms with Crippen molar-refractivity contribution in [3.05, 3.63) is 88.0 Å². The van der Waals surface area contributed by atoms with Crippen LogP contribution in [0.3, 0.4) is 0 Å². The van der Waals surface area contributed by atoms with Crippen molar-refractivity contribution in [2.45, 2.75) is 45.6 Å². The quantitative estimate of drug-likeness (QED) is 0.284. The number of hydrogen-bond donors (Lipinski definition) is 2. The van der Waals surface area contributed by atoms with Crippen LogP contribution >= 0.6 is 11.6 Å². The number of benzene rings is 2. The van der Waals surface area contributed by atoms with Gasteiger partial charge in [0, 0.05) is 47.6 Å². The molecule has 0 bridgehead atoms. The van der Waals surface area contributed by atoms with Crippen LogP contribution in [0.4, 0.5) is 0 Å². The summed E-state index contributed by atoms with van der Waals surface area (Å²) < 4.78 is 3.65. The molecule has 0 spiro atoms. The fourth-order valence-corrected chi connectivity index (χ4v) is 6.63. The Labute approximate surface area is 247 Å². The fourth-order valence-electron chi connectivity index (χ4n) is 6.35. The van der Waals surface area contributed by atoms with E-state index < -0.39 is 6.10 Å². The first-order valence-electron chi connectivity index (χ1n) is 14.1. The average molecular weight is 584 g/mol. The SMILES string of the molecule is Cc1ccc(O)c2c3c(nn12)CC[C@@](C)(CC(=O)c1ccc(-n2cnc4ccc(C(=O)N5CC(O)C5)cc42)cc1Cl)C3. The molecule has 0 radical (unpaired) electrons. The number of carbonyl (C=O) groups excluding carboxylic acids is 2. The maximum absolute atomic E-state index is 13.6. The average Bonchev–Trinajstić information content (AvgIpc) is 3.54. The van der Waals surface area contributed by atoms with E-state index in [0.717, 1.165) is 52.0 Å². The van der Waals surface area contributed by atoms with E-state index in [0.29, 0.717) is 42.1 Å². The van der Waals surface area contributed by atoms with E-state index in [1.165, 1.54) is 0 Å². The van der Waals surface area contributed by atoms with Gasteiger partial charge in [0.2, 0.25) is 0 Å². The Kier molecular flexibility index (Phi) is 6.14. The number of nitrogens with zero attached hydrogens (tertiary/aromatic N) is 5. The Hall–Kier alpha value is -4.21. The summed E-state index contributed by atoms with van der Waals surface area (Å²) in [5.41, 5.74) is 6.54. The summed E-state index contributed by atoms with van der Waals surface area (Å²) in [6.45, 7) is 4.75. The summed E-state index contributed by atoms with van der Waals surface area (Å²) in [4.78, 5) is 32.5. The number of aromatic hydroxyl groups is 1. The van der Waals surface area contributed by atoms with Crippen molar-refractivity contribution in [3.63, 3.8) is 0 Å². The maximum Gasteiger partial charge on any atom is 0.254 e. The molecule has 1 saturated heterocycles. The zero-order valence-electron chi connectivity index (χ0n) is 23.3. The third-order valence-corrected chi connectivity index (χ3v) is 9.07. The van der Waals surface area contributed by atoms with Gasteiger partial charge in [-0.3, -0.25) is 14.2 Å². The van der Waals surface area contributed by atoms with Gasteiger partial charge < -0.3 is 15.1 Å². The molecule has 0 saturated carbocycles. The van der Waals surface area contributed by atoms with Gasteiger partial charge in [-0.1, -0.05) is 18.5 Å². The van der Waals surface area contributed by atoms with Gasteiger partial charge in [-0.05, 0) is 80.1 Å². The number of hydrogen-bond acceptors (Lipinski definition) is 6. The number of pyridine rings is 1. The third kappa shape index (κ3) is 4.35. The largest absolute Gasteiger partial charge is 0.506 e. The van der Waals surface area contributed by atoms with Crippen molar-refractivity contribution < 1.29 is 19.8 Å². The molecule has 1 fully saturated rings. The van der Waals surface area contributed by atoms with Gasteiger partial charge in [-0.25, -0.2) is 9.50 Å². The van der Waals surface area contributed by atoms with Crippen LogP contribution in [-0.2, 0) is 12.8 Å². The van der Waals surface area contributed by atoms with Crippen LogP contribution in [0, 0.1) is 12.3 Å². The number of fused-ring (bicyclic) bond motifs is 4.